The number of amides is 1. The van der Waals surface area contributed by atoms with Gasteiger partial charge in [0.15, 0.2) is 0 Å². The van der Waals surface area contributed by atoms with E-state index in [1.807, 2.05) is 11.9 Å². The van der Waals surface area contributed by atoms with Gasteiger partial charge >= 0.3 is 0 Å². The first-order chi connectivity index (χ1) is 10.2. The Balaban J connectivity index is 1.59. The van der Waals surface area contributed by atoms with Crippen LogP contribution in [-0.4, -0.2) is 75.2 Å². The van der Waals surface area contributed by atoms with Crippen molar-refractivity contribution in [3.8, 4) is 0 Å². The summed E-state index contributed by atoms with van der Waals surface area (Å²) in [5.41, 5.74) is 0. The van der Waals surface area contributed by atoms with Crippen LogP contribution < -0.4 is 5.32 Å². The molecular weight excluding hydrogens is 266 g/mol. The second kappa shape index (κ2) is 8.71. The van der Waals surface area contributed by atoms with Crippen molar-refractivity contribution in [2.45, 2.75) is 38.1 Å². The van der Waals surface area contributed by atoms with Crippen molar-refractivity contribution >= 4 is 5.91 Å². The van der Waals surface area contributed by atoms with Gasteiger partial charge in [0.1, 0.15) is 0 Å². The van der Waals surface area contributed by atoms with Gasteiger partial charge in [-0.05, 0) is 38.8 Å². The average Bonchev–Trinajstić information content (AvgIpc) is 3.13. The van der Waals surface area contributed by atoms with Crippen LogP contribution in [0.4, 0.5) is 0 Å². The highest BCUT2D eigenvalue weighted by molar-refractivity contribution is 5.77. The molecule has 1 amide bonds. The molecule has 1 atom stereocenters. The van der Waals surface area contributed by atoms with Crippen LogP contribution in [0.25, 0.3) is 0 Å². The molecule has 1 unspecified atom stereocenters. The van der Waals surface area contributed by atoms with Gasteiger partial charge in [0.05, 0.1) is 13.2 Å². The lowest BCUT2D eigenvalue weighted by Gasteiger charge is -2.23. The van der Waals surface area contributed by atoms with Gasteiger partial charge in [-0.1, -0.05) is 12.8 Å². The largest absolute Gasteiger partial charge is 0.383 e. The number of likely N-dealkylation sites (tertiary alicyclic amines) is 1. The number of carbonyl (C=O) groups is 1. The Kier molecular flexibility index (Phi) is 6.93. The maximum atomic E-state index is 11.9. The molecule has 1 saturated heterocycles. The molecule has 1 aliphatic heterocycles. The van der Waals surface area contributed by atoms with E-state index in [-0.39, 0.29) is 5.91 Å². The molecule has 1 saturated carbocycles. The van der Waals surface area contributed by atoms with Crippen LogP contribution in [0, 0.1) is 5.92 Å². The molecule has 1 heterocycles. The van der Waals surface area contributed by atoms with Gasteiger partial charge in [0.25, 0.3) is 0 Å². The molecule has 1 N–H and O–H groups in total. The summed E-state index contributed by atoms with van der Waals surface area (Å²) in [5.74, 6) is 0.770. The summed E-state index contributed by atoms with van der Waals surface area (Å²) in [5, 5.41) is 3.09. The van der Waals surface area contributed by atoms with E-state index >= 15 is 0 Å². The molecule has 1 aliphatic carbocycles. The zero-order chi connectivity index (χ0) is 15.1. The summed E-state index contributed by atoms with van der Waals surface area (Å²) in [6.45, 7) is 5.15. The van der Waals surface area contributed by atoms with Crippen molar-refractivity contribution in [2.75, 3.05) is 53.5 Å². The van der Waals surface area contributed by atoms with Crippen molar-refractivity contribution in [3.05, 3.63) is 0 Å². The van der Waals surface area contributed by atoms with Gasteiger partial charge in [-0.2, -0.15) is 0 Å². The maximum absolute atomic E-state index is 11.9. The lowest BCUT2D eigenvalue weighted by molar-refractivity contribution is -0.122. The monoisotopic (exact) mass is 297 g/mol. The van der Waals surface area contributed by atoms with E-state index in [4.69, 9.17) is 4.74 Å². The SMILES string of the molecule is COCCN(C)CC(=O)NCC1CCN(C2CCCC2)C1. The Labute approximate surface area is 129 Å². The number of rotatable bonds is 8. The Morgan fingerprint density at radius 3 is 2.81 bits per heavy atom. The Bertz CT molecular complexity index is 319. The molecule has 0 radical (unpaired) electrons. The minimum absolute atomic E-state index is 0.132. The fraction of sp³-hybridized carbons (Fsp3) is 0.938. The molecule has 5 heteroatoms. The lowest BCUT2D eigenvalue weighted by Crippen LogP contribution is -2.39. The van der Waals surface area contributed by atoms with Crippen LogP contribution in [0.1, 0.15) is 32.1 Å². The van der Waals surface area contributed by atoms with Gasteiger partial charge in [0.2, 0.25) is 5.91 Å². The van der Waals surface area contributed by atoms with E-state index in [1.165, 1.54) is 45.2 Å². The van der Waals surface area contributed by atoms with E-state index in [0.29, 0.717) is 19.1 Å². The number of carbonyl (C=O) groups excluding carboxylic acids is 1. The predicted molar refractivity (Wildman–Crippen MR) is 84.3 cm³/mol. The van der Waals surface area contributed by atoms with Gasteiger partial charge in [-0.25, -0.2) is 0 Å². The van der Waals surface area contributed by atoms with Gasteiger partial charge in [-0.15, -0.1) is 0 Å². The quantitative estimate of drug-likeness (QED) is 0.724. The molecule has 0 aromatic heterocycles. The van der Waals surface area contributed by atoms with Gasteiger partial charge in [-0.3, -0.25) is 9.69 Å². The minimum Gasteiger partial charge on any atom is -0.383 e. The highest BCUT2D eigenvalue weighted by Crippen LogP contribution is 2.28. The summed E-state index contributed by atoms with van der Waals surface area (Å²) in [7, 11) is 3.64. The van der Waals surface area contributed by atoms with E-state index < -0.39 is 0 Å². The van der Waals surface area contributed by atoms with Crippen LogP contribution >= 0.6 is 0 Å². The molecule has 0 aromatic carbocycles. The molecule has 2 fully saturated rings. The third-order valence-electron chi connectivity index (χ3n) is 4.84. The van der Waals surface area contributed by atoms with E-state index in [2.05, 4.69) is 10.2 Å². The van der Waals surface area contributed by atoms with Crippen molar-refractivity contribution in [1.82, 2.24) is 15.1 Å². The zero-order valence-electron chi connectivity index (χ0n) is 13.6. The third-order valence-corrected chi connectivity index (χ3v) is 4.84. The van der Waals surface area contributed by atoms with E-state index in [0.717, 1.165) is 19.1 Å². The van der Waals surface area contributed by atoms with Crippen molar-refractivity contribution in [2.24, 2.45) is 5.92 Å². The topological polar surface area (TPSA) is 44.8 Å². The second-order valence-corrected chi connectivity index (χ2v) is 6.62. The normalized spacial score (nSPS) is 24.0. The first-order valence-electron chi connectivity index (χ1n) is 8.37. The smallest absolute Gasteiger partial charge is 0.234 e. The number of hydrogen-bond donors (Lipinski definition) is 1. The maximum Gasteiger partial charge on any atom is 0.234 e. The number of methoxy groups -OCH3 is 1. The number of nitrogens with zero attached hydrogens (tertiary/aromatic N) is 2. The predicted octanol–water partition coefficient (Wildman–Crippen LogP) is 0.945. The van der Waals surface area contributed by atoms with Gasteiger partial charge < -0.3 is 15.0 Å². The van der Waals surface area contributed by atoms with Crippen LogP contribution in [0.5, 0.6) is 0 Å². The zero-order valence-corrected chi connectivity index (χ0v) is 13.6. The first kappa shape index (κ1) is 16.7. The molecular formula is C16H31N3O2. The molecule has 2 aliphatic rings. The van der Waals surface area contributed by atoms with E-state index in [9.17, 15) is 4.79 Å². The molecule has 0 spiro atoms. The average molecular weight is 297 g/mol. The van der Waals surface area contributed by atoms with Crippen LogP contribution in [0.3, 0.4) is 0 Å². The molecule has 0 aromatic rings. The molecule has 2 rings (SSSR count). The second-order valence-electron chi connectivity index (χ2n) is 6.62. The number of hydrogen-bond acceptors (Lipinski definition) is 4. The number of ether oxygens (including phenoxy) is 1. The molecule has 0 bridgehead atoms. The van der Waals surface area contributed by atoms with Gasteiger partial charge in [0, 0.05) is 32.8 Å². The summed E-state index contributed by atoms with van der Waals surface area (Å²) in [6, 6.07) is 0.825. The van der Waals surface area contributed by atoms with Crippen molar-refractivity contribution < 1.29 is 9.53 Å². The Morgan fingerprint density at radius 2 is 2.10 bits per heavy atom. The fourth-order valence-corrected chi connectivity index (χ4v) is 3.52. The van der Waals surface area contributed by atoms with Crippen LogP contribution in [0.15, 0.2) is 0 Å². The van der Waals surface area contributed by atoms with Crippen LogP contribution in [0.2, 0.25) is 0 Å². The molecule has 5 nitrogen and oxygen atoms in total. The summed E-state index contributed by atoms with van der Waals surface area (Å²) in [6.07, 6.45) is 6.79. The Morgan fingerprint density at radius 1 is 1.33 bits per heavy atom. The molecule has 21 heavy (non-hydrogen) atoms. The summed E-state index contributed by atoms with van der Waals surface area (Å²) >= 11 is 0. The standard InChI is InChI=1S/C16H31N3O2/c1-18(9-10-21-2)13-16(20)17-11-14-7-8-19(12-14)15-5-3-4-6-15/h14-15H,3-13H2,1-2H3,(H,17,20). The minimum atomic E-state index is 0.132. The Hall–Kier alpha value is -0.650. The number of likely N-dealkylation sites (N-methyl/N-ethyl adjacent to an activating group) is 1. The highest BCUT2D eigenvalue weighted by atomic mass is 16.5. The van der Waals surface area contributed by atoms with Crippen molar-refractivity contribution in [3.63, 3.8) is 0 Å². The molecule has 122 valence electrons. The number of nitrogens with one attached hydrogen (secondary N) is 1. The van der Waals surface area contributed by atoms with Crippen molar-refractivity contribution in [1.29, 1.82) is 0 Å². The fourth-order valence-electron chi connectivity index (χ4n) is 3.52. The lowest BCUT2D eigenvalue weighted by atomic mass is 10.1. The van der Waals surface area contributed by atoms with Crippen LogP contribution in [-0.2, 0) is 9.53 Å². The summed E-state index contributed by atoms with van der Waals surface area (Å²) in [4.78, 5) is 16.5. The highest BCUT2D eigenvalue weighted by Gasteiger charge is 2.29. The third kappa shape index (κ3) is 5.57. The van der Waals surface area contributed by atoms with E-state index in [1.54, 1.807) is 7.11 Å². The summed E-state index contributed by atoms with van der Waals surface area (Å²) < 4.78 is 5.02. The first-order valence-corrected chi connectivity index (χ1v) is 8.37.